The predicted molar refractivity (Wildman–Crippen MR) is 136 cm³/mol. The van der Waals surface area contributed by atoms with Gasteiger partial charge in [-0.05, 0) is 50.4 Å². The number of ether oxygens (including phenoxy) is 1. The van der Waals surface area contributed by atoms with Crippen molar-refractivity contribution in [1.82, 2.24) is 19.8 Å². The number of aryl methyl sites for hydroxylation is 1. The van der Waals surface area contributed by atoms with Gasteiger partial charge in [-0.15, -0.1) is 0 Å². The van der Waals surface area contributed by atoms with Gasteiger partial charge in [0.2, 0.25) is 5.91 Å². The fourth-order valence-corrected chi connectivity index (χ4v) is 4.47. The normalized spacial score (nSPS) is 17.9. The van der Waals surface area contributed by atoms with Gasteiger partial charge in [0, 0.05) is 45.0 Å². The van der Waals surface area contributed by atoms with Crippen LogP contribution < -0.4 is 10.2 Å². The molecule has 2 fully saturated rings. The number of carbonyl (C=O) groups is 3. The number of rotatable bonds is 8. The lowest BCUT2D eigenvalue weighted by molar-refractivity contribution is -0.136. The lowest BCUT2D eigenvalue weighted by Gasteiger charge is -2.32. The van der Waals surface area contributed by atoms with Crippen molar-refractivity contribution in [3.63, 3.8) is 0 Å². The maximum atomic E-state index is 12.9. The fraction of sp³-hybridized carbons (Fsp3) is 0.462. The summed E-state index contributed by atoms with van der Waals surface area (Å²) in [6.45, 7) is 2.73. The third kappa shape index (κ3) is 6.47. The number of anilines is 2. The minimum Gasteiger partial charge on any atom is -0.378 e. The highest BCUT2D eigenvalue weighted by Gasteiger charge is 2.23. The Morgan fingerprint density at radius 1 is 1.35 bits per heavy atom. The number of carbonyl (C=O) groups excluding carboxylic acids is 3. The Morgan fingerprint density at radius 2 is 2.19 bits per heavy atom. The third-order valence-electron chi connectivity index (χ3n) is 6.73. The molecule has 3 amide bonds. The van der Waals surface area contributed by atoms with Crippen LogP contribution in [-0.4, -0.2) is 84.4 Å². The number of nitrogens with zero attached hydrogens (tertiary/aromatic N) is 6. The quantitative estimate of drug-likeness (QED) is 0.540. The highest BCUT2D eigenvalue weighted by molar-refractivity contribution is 6.00. The molecule has 0 saturated carbocycles. The number of aldehydes is 1. The topological polar surface area (TPSA) is 132 Å². The van der Waals surface area contributed by atoms with Crippen molar-refractivity contribution >= 4 is 29.9 Å². The molecule has 2 aliphatic rings. The number of nitrogens with one attached hydrogen (secondary N) is 1. The third-order valence-corrected chi connectivity index (χ3v) is 6.73. The van der Waals surface area contributed by atoms with Gasteiger partial charge in [0.1, 0.15) is 23.4 Å². The molecule has 2 aromatic rings. The van der Waals surface area contributed by atoms with Crippen molar-refractivity contribution in [3.8, 4) is 6.07 Å². The molecule has 2 aromatic heterocycles. The van der Waals surface area contributed by atoms with Crippen molar-refractivity contribution in [3.05, 3.63) is 46.8 Å². The number of nitriles is 1. The van der Waals surface area contributed by atoms with Gasteiger partial charge in [-0.3, -0.25) is 24.7 Å². The van der Waals surface area contributed by atoms with Crippen LogP contribution in [0.3, 0.4) is 0 Å². The largest absolute Gasteiger partial charge is 0.378 e. The van der Waals surface area contributed by atoms with E-state index in [2.05, 4.69) is 21.4 Å². The smallest absolute Gasteiger partial charge is 0.328 e. The zero-order chi connectivity index (χ0) is 26.4. The molecule has 4 rings (SSSR count). The Kier molecular flexibility index (Phi) is 8.43. The zero-order valence-corrected chi connectivity index (χ0v) is 21.1. The maximum Gasteiger partial charge on any atom is 0.328 e. The molecule has 0 radical (unpaired) electrons. The molecule has 1 unspecified atom stereocenters. The van der Waals surface area contributed by atoms with Gasteiger partial charge in [0.25, 0.3) is 0 Å². The fourth-order valence-electron chi connectivity index (χ4n) is 4.47. The van der Waals surface area contributed by atoms with Gasteiger partial charge in [0.05, 0.1) is 18.2 Å². The molecule has 37 heavy (non-hydrogen) atoms. The molecule has 2 saturated heterocycles. The summed E-state index contributed by atoms with van der Waals surface area (Å²) < 4.78 is 5.67. The molecule has 0 aliphatic carbocycles. The molecule has 0 aromatic carbocycles. The second kappa shape index (κ2) is 11.9. The number of pyridine rings is 2. The molecule has 2 aliphatic heterocycles. The van der Waals surface area contributed by atoms with E-state index in [1.54, 1.807) is 23.1 Å². The van der Waals surface area contributed by atoms with Crippen molar-refractivity contribution < 1.29 is 19.1 Å². The van der Waals surface area contributed by atoms with Gasteiger partial charge in [0.15, 0.2) is 6.29 Å². The van der Waals surface area contributed by atoms with E-state index in [1.807, 2.05) is 11.9 Å². The van der Waals surface area contributed by atoms with Crippen molar-refractivity contribution in [1.29, 1.82) is 5.26 Å². The van der Waals surface area contributed by atoms with Crippen LogP contribution in [0, 0.1) is 11.3 Å². The van der Waals surface area contributed by atoms with Crippen molar-refractivity contribution in [2.75, 3.05) is 50.6 Å². The second-order valence-corrected chi connectivity index (χ2v) is 9.39. The number of hydrogen-bond acceptors (Lipinski definition) is 8. The van der Waals surface area contributed by atoms with Crippen molar-refractivity contribution in [2.24, 2.45) is 0 Å². The average Bonchev–Trinajstić information content (AvgIpc) is 3.42. The lowest BCUT2D eigenvalue weighted by Crippen LogP contribution is -2.48. The van der Waals surface area contributed by atoms with Gasteiger partial charge < -0.3 is 9.64 Å². The Hall–Kier alpha value is -3.88. The van der Waals surface area contributed by atoms with E-state index >= 15 is 0 Å². The van der Waals surface area contributed by atoms with E-state index in [0.717, 1.165) is 38.0 Å². The van der Waals surface area contributed by atoms with Crippen LogP contribution in [0.5, 0.6) is 0 Å². The first-order chi connectivity index (χ1) is 17.9. The van der Waals surface area contributed by atoms with Crippen LogP contribution in [0.25, 0.3) is 0 Å². The Labute approximate surface area is 216 Å². The van der Waals surface area contributed by atoms with Crippen LogP contribution in [0.15, 0.2) is 24.4 Å². The number of hydrogen-bond donors (Lipinski definition) is 1. The van der Waals surface area contributed by atoms with Crippen LogP contribution in [-0.2, 0) is 22.5 Å². The highest BCUT2D eigenvalue weighted by Crippen LogP contribution is 2.22. The van der Waals surface area contributed by atoms with E-state index in [9.17, 15) is 19.6 Å². The first-order valence-corrected chi connectivity index (χ1v) is 12.3. The van der Waals surface area contributed by atoms with Crippen LogP contribution in [0.1, 0.15) is 46.4 Å². The summed E-state index contributed by atoms with van der Waals surface area (Å²) >= 11 is 0. The van der Waals surface area contributed by atoms with Crippen LogP contribution in [0.2, 0.25) is 0 Å². The average molecular weight is 506 g/mol. The van der Waals surface area contributed by atoms with Gasteiger partial charge in [-0.25, -0.2) is 14.8 Å². The molecular weight excluding hydrogens is 474 g/mol. The molecule has 0 spiro atoms. The number of amides is 3. The summed E-state index contributed by atoms with van der Waals surface area (Å²) in [7, 11) is 3.43. The standard InChI is InChI=1S/C26H31N7O4/c1-31-9-10-33(25(35)16-31)15-19-6-8-24(29-22(19)17-34)32(2)26(36)30-23-12-18(20(13-27)14-28-23)5-7-21-4-3-11-37-21/h6,8,12,14,17,21H,3-5,7,9-11,15-16H2,1-2H3,(H,28,30,36). The Bertz CT molecular complexity index is 1210. The molecule has 0 bridgehead atoms. The Morgan fingerprint density at radius 3 is 2.89 bits per heavy atom. The van der Waals surface area contributed by atoms with Gasteiger partial charge in [-0.2, -0.15) is 5.26 Å². The minimum atomic E-state index is -0.492. The number of likely N-dealkylation sites (N-methyl/N-ethyl adjacent to an activating group) is 1. The number of piperazine rings is 1. The molecule has 4 heterocycles. The van der Waals surface area contributed by atoms with E-state index in [0.29, 0.717) is 42.7 Å². The van der Waals surface area contributed by atoms with E-state index in [1.165, 1.54) is 18.1 Å². The second-order valence-electron chi connectivity index (χ2n) is 9.39. The molecule has 11 nitrogen and oxygen atoms in total. The molecule has 1 N–H and O–H groups in total. The number of urea groups is 1. The van der Waals surface area contributed by atoms with E-state index in [-0.39, 0.29) is 30.1 Å². The summed E-state index contributed by atoms with van der Waals surface area (Å²) in [5.41, 5.74) is 2.07. The monoisotopic (exact) mass is 505 g/mol. The molecule has 11 heteroatoms. The predicted octanol–water partition coefficient (Wildman–Crippen LogP) is 2.21. The number of aromatic nitrogens is 2. The first kappa shape index (κ1) is 26.2. The van der Waals surface area contributed by atoms with Crippen LogP contribution >= 0.6 is 0 Å². The van der Waals surface area contributed by atoms with E-state index < -0.39 is 6.03 Å². The SMILES string of the molecule is CN1CCN(Cc2ccc(N(C)C(=O)Nc3cc(CCC4CCCO4)c(C#N)cn3)nc2C=O)C(=O)C1. The summed E-state index contributed by atoms with van der Waals surface area (Å²) in [4.78, 5) is 50.5. The molecule has 194 valence electrons. The Balaban J connectivity index is 1.42. The minimum absolute atomic E-state index is 0.00349. The van der Waals surface area contributed by atoms with Gasteiger partial charge >= 0.3 is 6.03 Å². The van der Waals surface area contributed by atoms with Crippen LogP contribution in [0.4, 0.5) is 16.4 Å². The van der Waals surface area contributed by atoms with Gasteiger partial charge in [-0.1, -0.05) is 6.07 Å². The highest BCUT2D eigenvalue weighted by atomic mass is 16.5. The summed E-state index contributed by atoms with van der Waals surface area (Å²) in [6, 6.07) is 6.73. The molecule has 1 atom stereocenters. The van der Waals surface area contributed by atoms with E-state index in [4.69, 9.17) is 4.74 Å². The molecular formula is C26H31N7O4. The summed E-state index contributed by atoms with van der Waals surface area (Å²) in [6.07, 6.45) is 5.80. The summed E-state index contributed by atoms with van der Waals surface area (Å²) in [5, 5.41) is 12.2. The summed E-state index contributed by atoms with van der Waals surface area (Å²) in [5.74, 6) is 0.593. The first-order valence-electron chi connectivity index (χ1n) is 12.3. The maximum absolute atomic E-state index is 12.9. The van der Waals surface area contributed by atoms with Crippen molar-refractivity contribution in [2.45, 2.75) is 38.3 Å². The lowest BCUT2D eigenvalue weighted by atomic mass is 10.0. The zero-order valence-electron chi connectivity index (χ0n) is 21.1.